The second-order valence-electron chi connectivity index (χ2n) is 6.59. The normalized spacial score (nSPS) is 10.7. The van der Waals surface area contributed by atoms with Crippen LogP contribution in [0.2, 0.25) is 0 Å². The number of pyridine rings is 1. The molecule has 0 aromatic carbocycles. The van der Waals surface area contributed by atoms with E-state index in [0.717, 1.165) is 0 Å². The number of aromatic nitrogens is 1. The number of nitrogens with zero attached hydrogens (tertiary/aromatic N) is 1. The molecule has 152 valence electrons. The number of hydrogen-bond acceptors (Lipinski definition) is 3. The molecule has 4 nitrogen and oxygen atoms in total. The van der Waals surface area contributed by atoms with Crippen LogP contribution >= 0.6 is 30.4 Å². The van der Waals surface area contributed by atoms with Crippen LogP contribution in [0.1, 0.15) is 55.4 Å². The van der Waals surface area contributed by atoms with Crippen LogP contribution in [0.25, 0.3) is 0 Å². The fourth-order valence-corrected chi connectivity index (χ4v) is 6.19. The van der Waals surface area contributed by atoms with E-state index in [1.165, 1.54) is 0 Å². The maximum absolute atomic E-state index is 7.50. The van der Waals surface area contributed by atoms with Crippen molar-refractivity contribution in [1.82, 2.24) is 4.98 Å². The van der Waals surface area contributed by atoms with Gasteiger partial charge in [0.05, 0.1) is 16.3 Å². The van der Waals surface area contributed by atoms with Gasteiger partial charge in [-0.25, -0.2) is 0 Å². The van der Waals surface area contributed by atoms with Crippen LogP contribution in [0.5, 0.6) is 11.8 Å². The fraction of sp³-hybridized carbons (Fsp3) is 0.667. The third-order valence-corrected chi connectivity index (χ3v) is 8.00. The van der Waals surface area contributed by atoms with Crippen LogP contribution in [0.4, 0.5) is 0 Å². The van der Waals surface area contributed by atoms with Gasteiger partial charge in [-0.15, -0.1) is 0 Å². The SMILES string of the molecule is CC(C)P(Oc1cccc(OP(C(C)C)C(C)C)n1)C(C)C.[C-]#[O+].[FeH][Br]. The third-order valence-electron chi connectivity index (χ3n) is 3.13. The van der Waals surface area contributed by atoms with Crippen LogP contribution in [-0.4, -0.2) is 27.6 Å². The molecule has 1 rings (SSSR count). The molecule has 0 aliphatic heterocycles. The van der Waals surface area contributed by atoms with Crippen LogP contribution in [0, 0.1) is 6.65 Å². The molecule has 0 fully saturated rings. The maximum atomic E-state index is 7.50. The Morgan fingerprint density at radius 1 is 0.808 bits per heavy atom. The molecule has 0 N–H and O–H groups in total. The zero-order valence-corrected chi connectivity index (χ0v) is 21.4. The molecular weight excluding hydrogens is 476 g/mol. The topological polar surface area (TPSA) is 51.2 Å². The second-order valence-corrected chi connectivity index (χ2v) is 12.5. The van der Waals surface area contributed by atoms with Crippen molar-refractivity contribution in [3.8, 4) is 11.8 Å². The Labute approximate surface area is 177 Å². The summed E-state index contributed by atoms with van der Waals surface area (Å²) in [7, 11) is -1.05. The van der Waals surface area contributed by atoms with Crippen LogP contribution in [-0.2, 0) is 18.9 Å². The first-order valence-electron chi connectivity index (χ1n) is 8.46. The molecule has 8 heteroatoms. The van der Waals surface area contributed by atoms with Crippen molar-refractivity contribution in [2.24, 2.45) is 0 Å². The Hall–Kier alpha value is 0.349. The molecule has 0 radical (unpaired) electrons. The summed E-state index contributed by atoms with van der Waals surface area (Å²) < 4.78 is 19.8. The van der Waals surface area contributed by atoms with Crippen molar-refractivity contribution in [2.75, 3.05) is 0 Å². The van der Waals surface area contributed by atoms with Crippen LogP contribution in [0.15, 0.2) is 18.2 Å². The van der Waals surface area contributed by atoms with Gasteiger partial charge < -0.3 is 9.05 Å². The first-order valence-corrected chi connectivity index (χ1v) is 14.2. The Morgan fingerprint density at radius 2 is 1.08 bits per heavy atom. The van der Waals surface area contributed by atoms with Crippen molar-refractivity contribution in [1.29, 1.82) is 0 Å². The summed E-state index contributed by atoms with van der Waals surface area (Å²) in [5.74, 6) is 1.38. The number of halogens is 1. The molecule has 0 spiro atoms. The molecule has 0 aliphatic carbocycles. The predicted molar refractivity (Wildman–Crippen MR) is 114 cm³/mol. The Kier molecular flexibility index (Phi) is 17.9. The van der Waals surface area contributed by atoms with Crippen molar-refractivity contribution < 1.29 is 27.9 Å². The van der Waals surface area contributed by atoms with E-state index in [1.54, 1.807) is 0 Å². The molecule has 0 atom stereocenters. The van der Waals surface area contributed by atoms with Gasteiger partial charge in [-0.3, -0.25) is 0 Å². The van der Waals surface area contributed by atoms with Gasteiger partial charge in [0.1, 0.15) is 0 Å². The molecule has 26 heavy (non-hydrogen) atoms. The Bertz CT molecular complexity index is 449. The van der Waals surface area contributed by atoms with E-state index in [0.29, 0.717) is 34.4 Å². The Morgan fingerprint density at radius 3 is 1.31 bits per heavy atom. The van der Waals surface area contributed by atoms with E-state index < -0.39 is 16.3 Å². The first kappa shape index (κ1) is 28.6. The van der Waals surface area contributed by atoms with E-state index in [-0.39, 0.29) is 0 Å². The molecule has 1 aromatic heterocycles. The fourth-order valence-electron chi connectivity index (χ4n) is 2.33. The van der Waals surface area contributed by atoms with Gasteiger partial charge in [0.25, 0.3) is 0 Å². The minimum absolute atomic E-state index is 0.518. The van der Waals surface area contributed by atoms with E-state index in [2.05, 4.69) is 95.3 Å². The summed E-state index contributed by atoms with van der Waals surface area (Å²) in [5, 5.41) is 0. The zero-order valence-electron chi connectivity index (χ0n) is 16.9. The van der Waals surface area contributed by atoms with Crippen molar-refractivity contribution in [3.05, 3.63) is 24.8 Å². The summed E-state index contributed by atoms with van der Waals surface area (Å²) >= 11 is 5.50. The molecule has 0 bridgehead atoms. The van der Waals surface area contributed by atoms with Crippen molar-refractivity contribution >= 4 is 30.4 Å². The molecule has 0 saturated heterocycles. The van der Waals surface area contributed by atoms with Crippen LogP contribution in [0.3, 0.4) is 0 Å². The molecule has 0 unspecified atom stereocenters. The summed E-state index contributed by atoms with van der Waals surface area (Å²) in [6.45, 7) is 22.2. The monoisotopic (exact) mass is 507 g/mol. The van der Waals surface area contributed by atoms with Gasteiger partial charge in [-0.2, -0.15) is 4.98 Å². The van der Waals surface area contributed by atoms with Crippen molar-refractivity contribution in [2.45, 2.75) is 78.0 Å². The number of hydrogen-bond donors (Lipinski definition) is 0. The van der Waals surface area contributed by atoms with Gasteiger partial charge in [-0.1, -0.05) is 61.5 Å². The molecule has 1 heterocycles. The van der Waals surface area contributed by atoms with E-state index >= 15 is 0 Å². The summed E-state index contributed by atoms with van der Waals surface area (Å²) in [5.41, 5.74) is 2.07. The van der Waals surface area contributed by atoms with Gasteiger partial charge in [0, 0.05) is 34.8 Å². The van der Waals surface area contributed by atoms with Crippen LogP contribution < -0.4 is 9.05 Å². The van der Waals surface area contributed by atoms with Gasteiger partial charge >= 0.3 is 39.6 Å². The Balaban J connectivity index is 0. The van der Waals surface area contributed by atoms with Gasteiger partial charge in [0.15, 0.2) is 0 Å². The predicted octanol–water partition coefficient (Wildman–Crippen LogP) is 6.80. The average Bonchev–Trinajstić information content (AvgIpc) is 2.60. The van der Waals surface area contributed by atoms with Gasteiger partial charge in [0.2, 0.25) is 11.8 Å². The minimum atomic E-state index is -0.525. The summed E-state index contributed by atoms with van der Waals surface area (Å²) in [6.07, 6.45) is 0. The molecule has 0 amide bonds. The second kappa shape index (κ2) is 16.3. The van der Waals surface area contributed by atoms with E-state index in [4.69, 9.17) is 13.7 Å². The third kappa shape index (κ3) is 11.3. The van der Waals surface area contributed by atoms with E-state index in [1.807, 2.05) is 18.2 Å². The molecule has 0 saturated carbocycles. The van der Waals surface area contributed by atoms with Gasteiger partial charge in [-0.05, 0) is 0 Å². The van der Waals surface area contributed by atoms with Crippen molar-refractivity contribution in [3.63, 3.8) is 0 Å². The number of rotatable bonds is 8. The first-order chi connectivity index (χ1) is 12.2. The zero-order chi connectivity index (χ0) is 20.9. The molecule has 1 aromatic rings. The quantitative estimate of drug-likeness (QED) is 0.168. The molecular formula is C18H32BrFeNO3P2. The van der Waals surface area contributed by atoms with E-state index in [9.17, 15) is 0 Å². The molecule has 0 aliphatic rings. The summed E-state index contributed by atoms with van der Waals surface area (Å²) in [4.78, 5) is 4.57. The summed E-state index contributed by atoms with van der Waals surface area (Å²) in [6, 6.07) is 5.83. The average molecular weight is 508 g/mol. The standard InChI is InChI=1S/C17H31NO2P2.CO.BrH.Fe.H/c1-12(2)21(13(3)4)19-16-10-9-11-17(18-16)20-22(14(5)6)15(7)8;1-2;;;/h9-15H,1-8H3;;1H;;/q;;;+1;/p-1.